The van der Waals surface area contributed by atoms with E-state index < -0.39 is 0 Å². The van der Waals surface area contributed by atoms with E-state index in [0.717, 1.165) is 17.7 Å². The van der Waals surface area contributed by atoms with Crippen LogP contribution in [0.15, 0.2) is 28.0 Å². The molecule has 2 heterocycles. The maximum absolute atomic E-state index is 11.7. The fraction of sp³-hybridized carbons (Fsp3) is 0.308. The van der Waals surface area contributed by atoms with E-state index in [4.69, 9.17) is 4.42 Å². The van der Waals surface area contributed by atoms with Crippen molar-refractivity contribution < 1.29 is 9.21 Å². The lowest BCUT2D eigenvalue weighted by atomic mass is 10.3. The van der Waals surface area contributed by atoms with Gasteiger partial charge in [0, 0.05) is 11.4 Å². The smallest absolute Gasteiger partial charge is 0.287 e. The Morgan fingerprint density at radius 3 is 2.88 bits per heavy atom. The molecule has 0 aromatic carbocycles. The van der Waals surface area contributed by atoms with Crippen LogP contribution in [0.1, 0.15) is 26.8 Å². The summed E-state index contributed by atoms with van der Waals surface area (Å²) in [7, 11) is 0. The average Bonchev–Trinajstić information content (AvgIpc) is 2.90. The Balaban J connectivity index is 1.85. The van der Waals surface area contributed by atoms with Crippen LogP contribution in [0.2, 0.25) is 0 Å². The molecule has 0 aliphatic carbocycles. The summed E-state index contributed by atoms with van der Waals surface area (Å²) >= 11 is 1.70. The van der Waals surface area contributed by atoms with Gasteiger partial charge in [0.1, 0.15) is 5.76 Å². The van der Waals surface area contributed by atoms with Gasteiger partial charge in [-0.25, -0.2) is 0 Å². The second kappa shape index (κ2) is 5.19. The van der Waals surface area contributed by atoms with Gasteiger partial charge in [0.15, 0.2) is 5.76 Å². The molecule has 2 rings (SSSR count). The number of aryl methyl sites for hydroxylation is 2. The van der Waals surface area contributed by atoms with Gasteiger partial charge in [-0.05, 0) is 43.3 Å². The third-order valence-electron chi connectivity index (χ3n) is 2.63. The van der Waals surface area contributed by atoms with Crippen LogP contribution in [-0.4, -0.2) is 12.5 Å². The minimum Gasteiger partial charge on any atom is -0.456 e. The maximum Gasteiger partial charge on any atom is 0.287 e. The van der Waals surface area contributed by atoms with Gasteiger partial charge in [-0.1, -0.05) is 6.07 Å². The zero-order valence-electron chi connectivity index (χ0n) is 9.95. The van der Waals surface area contributed by atoms with Gasteiger partial charge in [0.25, 0.3) is 5.91 Å². The Bertz CT molecular complexity index is 480. The molecule has 0 aliphatic rings. The summed E-state index contributed by atoms with van der Waals surface area (Å²) in [5, 5.41) is 4.89. The number of amides is 1. The van der Waals surface area contributed by atoms with E-state index in [1.54, 1.807) is 17.4 Å². The summed E-state index contributed by atoms with van der Waals surface area (Å²) in [4.78, 5) is 13.0. The molecule has 0 fully saturated rings. The molecule has 17 heavy (non-hydrogen) atoms. The summed E-state index contributed by atoms with van der Waals surface area (Å²) < 4.78 is 5.35. The highest BCUT2D eigenvalue weighted by molar-refractivity contribution is 7.09. The molecule has 90 valence electrons. The van der Waals surface area contributed by atoms with E-state index in [-0.39, 0.29) is 5.91 Å². The predicted molar refractivity (Wildman–Crippen MR) is 68.5 cm³/mol. The minimum atomic E-state index is -0.141. The number of furan rings is 1. The molecule has 0 saturated heterocycles. The van der Waals surface area contributed by atoms with Crippen molar-refractivity contribution in [3.8, 4) is 0 Å². The zero-order chi connectivity index (χ0) is 12.3. The van der Waals surface area contributed by atoms with Crippen LogP contribution in [0.3, 0.4) is 0 Å². The Morgan fingerprint density at radius 1 is 1.47 bits per heavy atom. The highest BCUT2D eigenvalue weighted by Crippen LogP contribution is 2.13. The highest BCUT2D eigenvalue weighted by Gasteiger charge is 2.11. The van der Waals surface area contributed by atoms with Crippen LogP contribution in [0.5, 0.6) is 0 Å². The molecule has 2 aromatic rings. The van der Waals surface area contributed by atoms with Crippen molar-refractivity contribution in [2.45, 2.75) is 20.3 Å². The molecule has 0 aliphatic heterocycles. The third kappa shape index (κ3) is 2.97. The van der Waals surface area contributed by atoms with Crippen molar-refractivity contribution in [2.24, 2.45) is 0 Å². The summed E-state index contributed by atoms with van der Waals surface area (Å²) in [6.07, 6.45) is 0.863. The van der Waals surface area contributed by atoms with Gasteiger partial charge in [-0.2, -0.15) is 0 Å². The minimum absolute atomic E-state index is 0.141. The highest BCUT2D eigenvalue weighted by atomic mass is 32.1. The lowest BCUT2D eigenvalue weighted by Crippen LogP contribution is -2.25. The van der Waals surface area contributed by atoms with E-state index in [2.05, 4.69) is 11.4 Å². The number of rotatable bonds is 4. The second-order valence-electron chi connectivity index (χ2n) is 3.94. The number of nitrogens with one attached hydrogen (secondary N) is 1. The van der Waals surface area contributed by atoms with Crippen LogP contribution >= 0.6 is 11.3 Å². The first-order valence-corrected chi connectivity index (χ1v) is 6.42. The zero-order valence-corrected chi connectivity index (χ0v) is 10.8. The molecule has 0 radical (unpaired) electrons. The van der Waals surface area contributed by atoms with Crippen LogP contribution in [0.25, 0.3) is 0 Å². The lowest BCUT2D eigenvalue weighted by Gasteiger charge is -2.01. The van der Waals surface area contributed by atoms with E-state index in [1.165, 1.54) is 4.88 Å². The molecule has 2 aromatic heterocycles. The third-order valence-corrected chi connectivity index (χ3v) is 3.56. The van der Waals surface area contributed by atoms with Crippen molar-refractivity contribution >= 4 is 17.2 Å². The Hall–Kier alpha value is -1.55. The van der Waals surface area contributed by atoms with Crippen LogP contribution in [0.4, 0.5) is 0 Å². The van der Waals surface area contributed by atoms with Crippen molar-refractivity contribution in [1.29, 1.82) is 0 Å². The standard InChI is InChI=1S/C13H15NO2S/c1-9-8-12(16-10(9)2)13(15)14-6-5-11-4-3-7-17-11/h3-4,7-8H,5-6H2,1-2H3,(H,14,15). The molecule has 3 nitrogen and oxygen atoms in total. The average molecular weight is 249 g/mol. The summed E-state index contributed by atoms with van der Waals surface area (Å²) in [6, 6.07) is 5.86. The maximum atomic E-state index is 11.7. The number of hydrogen-bond donors (Lipinski definition) is 1. The first-order chi connectivity index (χ1) is 8.16. The van der Waals surface area contributed by atoms with Crippen LogP contribution in [0, 0.1) is 13.8 Å². The van der Waals surface area contributed by atoms with Gasteiger partial charge < -0.3 is 9.73 Å². The molecule has 1 N–H and O–H groups in total. The lowest BCUT2D eigenvalue weighted by molar-refractivity contribution is 0.0925. The monoisotopic (exact) mass is 249 g/mol. The Kier molecular flexibility index (Phi) is 3.64. The van der Waals surface area contributed by atoms with E-state index in [9.17, 15) is 4.79 Å². The quantitative estimate of drug-likeness (QED) is 0.905. The van der Waals surface area contributed by atoms with Gasteiger partial charge in [0.05, 0.1) is 0 Å². The SMILES string of the molecule is Cc1cc(C(=O)NCCc2cccs2)oc1C. The molecular weight excluding hydrogens is 234 g/mol. The molecule has 0 spiro atoms. The molecule has 4 heteroatoms. The topological polar surface area (TPSA) is 42.2 Å². The molecule has 0 bridgehead atoms. The molecule has 0 saturated carbocycles. The normalized spacial score (nSPS) is 10.5. The van der Waals surface area contributed by atoms with Crippen molar-refractivity contribution in [3.05, 3.63) is 45.5 Å². The van der Waals surface area contributed by atoms with E-state index >= 15 is 0 Å². The fourth-order valence-electron chi connectivity index (χ4n) is 1.53. The second-order valence-corrected chi connectivity index (χ2v) is 4.97. The van der Waals surface area contributed by atoms with Crippen molar-refractivity contribution in [1.82, 2.24) is 5.32 Å². The van der Waals surface area contributed by atoms with E-state index in [0.29, 0.717) is 12.3 Å². The van der Waals surface area contributed by atoms with Crippen molar-refractivity contribution in [2.75, 3.05) is 6.54 Å². The molecule has 0 atom stereocenters. The molecular formula is C13H15NO2S. The van der Waals surface area contributed by atoms with Crippen LogP contribution in [-0.2, 0) is 6.42 Å². The molecule has 0 unspecified atom stereocenters. The van der Waals surface area contributed by atoms with Crippen LogP contribution < -0.4 is 5.32 Å². The largest absolute Gasteiger partial charge is 0.456 e. The van der Waals surface area contributed by atoms with Gasteiger partial charge in [0.2, 0.25) is 0 Å². The van der Waals surface area contributed by atoms with Gasteiger partial charge in [-0.3, -0.25) is 4.79 Å². The fourth-order valence-corrected chi connectivity index (χ4v) is 2.24. The summed E-state index contributed by atoms with van der Waals surface area (Å²) in [5.74, 6) is 1.05. The first-order valence-electron chi connectivity index (χ1n) is 5.54. The van der Waals surface area contributed by atoms with E-state index in [1.807, 2.05) is 25.3 Å². The molecule has 1 amide bonds. The van der Waals surface area contributed by atoms with Crippen molar-refractivity contribution in [3.63, 3.8) is 0 Å². The predicted octanol–water partition coefficient (Wildman–Crippen LogP) is 2.93. The number of hydrogen-bond acceptors (Lipinski definition) is 3. The first kappa shape index (κ1) is 11.9. The number of carbonyl (C=O) groups is 1. The number of thiophene rings is 1. The number of carbonyl (C=O) groups excluding carboxylic acids is 1. The Morgan fingerprint density at radius 2 is 2.29 bits per heavy atom. The summed E-state index contributed by atoms with van der Waals surface area (Å²) in [5.41, 5.74) is 1.01. The summed E-state index contributed by atoms with van der Waals surface area (Å²) in [6.45, 7) is 4.43. The van der Waals surface area contributed by atoms with Gasteiger partial charge >= 0.3 is 0 Å². The Labute approximate surface area is 104 Å². The van der Waals surface area contributed by atoms with Gasteiger partial charge in [-0.15, -0.1) is 11.3 Å².